The Bertz CT molecular complexity index is 458. The second kappa shape index (κ2) is 5.30. The maximum Gasteiger partial charge on any atom is 0.280 e. The van der Waals surface area contributed by atoms with Crippen LogP contribution in [-0.4, -0.2) is 12.0 Å². The molecule has 2 rings (SSSR count). The predicted molar refractivity (Wildman–Crippen MR) is 66.4 cm³/mol. The van der Waals surface area contributed by atoms with Crippen LogP contribution in [0.15, 0.2) is 30.3 Å². The molecule has 0 amide bonds. The van der Waals surface area contributed by atoms with Crippen molar-refractivity contribution in [3.8, 4) is 10.9 Å². The summed E-state index contributed by atoms with van der Waals surface area (Å²) in [6.45, 7) is 0.703. The number of benzene rings is 1. The van der Waals surface area contributed by atoms with E-state index in [4.69, 9.17) is 16.3 Å². The second-order valence-corrected chi connectivity index (χ2v) is 4.54. The first-order chi connectivity index (χ1) is 7.79. The van der Waals surface area contributed by atoms with Crippen molar-refractivity contribution in [1.82, 2.24) is 10.3 Å². The zero-order valence-electron chi connectivity index (χ0n) is 8.74. The lowest BCUT2D eigenvalue weighted by Gasteiger charge is -1.99. The van der Waals surface area contributed by atoms with Gasteiger partial charge in [-0.15, -0.1) is 0 Å². The number of nitrogens with zero attached hydrogens (tertiary/aromatic N) is 1. The predicted octanol–water partition coefficient (Wildman–Crippen LogP) is 3.31. The van der Waals surface area contributed by atoms with Crippen molar-refractivity contribution in [3.05, 3.63) is 40.4 Å². The van der Waals surface area contributed by atoms with Crippen molar-refractivity contribution >= 4 is 22.9 Å². The number of hydrogen-bond donors (Lipinski definition) is 1. The lowest BCUT2D eigenvalue weighted by molar-refractivity contribution is 0.479. The Morgan fingerprint density at radius 1 is 1.38 bits per heavy atom. The van der Waals surface area contributed by atoms with Gasteiger partial charge in [0.1, 0.15) is 10.9 Å². The van der Waals surface area contributed by atoms with Gasteiger partial charge >= 0.3 is 0 Å². The molecular weight excluding hydrogens is 244 g/mol. The molecule has 0 unspecified atom stereocenters. The summed E-state index contributed by atoms with van der Waals surface area (Å²) in [4.78, 5) is 5.13. The lowest BCUT2D eigenvalue weighted by Crippen LogP contribution is -2.03. The van der Waals surface area contributed by atoms with Gasteiger partial charge in [0.15, 0.2) is 0 Å². The highest BCUT2D eigenvalue weighted by atomic mass is 35.5. The molecule has 0 atom stereocenters. The van der Waals surface area contributed by atoms with Crippen LogP contribution in [0.5, 0.6) is 10.9 Å². The minimum Gasteiger partial charge on any atom is -0.431 e. The maximum atomic E-state index is 5.97. The summed E-state index contributed by atoms with van der Waals surface area (Å²) in [6, 6.07) is 9.53. The van der Waals surface area contributed by atoms with Gasteiger partial charge in [-0.05, 0) is 19.2 Å². The first-order valence-corrected chi connectivity index (χ1v) is 6.01. The number of nitrogens with one attached hydrogen (secondary N) is 1. The summed E-state index contributed by atoms with van der Waals surface area (Å²) in [5.74, 6) is 0.768. The monoisotopic (exact) mass is 254 g/mol. The summed E-state index contributed by atoms with van der Waals surface area (Å²) in [5, 5.41) is 4.11. The van der Waals surface area contributed by atoms with E-state index in [1.54, 1.807) is 0 Å². The van der Waals surface area contributed by atoms with E-state index in [1.807, 2.05) is 37.4 Å². The molecule has 0 aliphatic heterocycles. The van der Waals surface area contributed by atoms with Crippen LogP contribution in [0.2, 0.25) is 5.15 Å². The average molecular weight is 255 g/mol. The average Bonchev–Trinajstić information content (AvgIpc) is 2.61. The normalized spacial score (nSPS) is 10.4. The highest BCUT2D eigenvalue weighted by Crippen LogP contribution is 2.31. The second-order valence-electron chi connectivity index (χ2n) is 3.14. The highest BCUT2D eigenvalue weighted by molar-refractivity contribution is 7.14. The van der Waals surface area contributed by atoms with E-state index in [2.05, 4.69) is 10.3 Å². The van der Waals surface area contributed by atoms with E-state index in [0.717, 1.165) is 10.6 Å². The van der Waals surface area contributed by atoms with Gasteiger partial charge in [-0.3, -0.25) is 0 Å². The number of thiazole rings is 1. The topological polar surface area (TPSA) is 34.1 Å². The molecule has 0 spiro atoms. The van der Waals surface area contributed by atoms with Crippen molar-refractivity contribution < 1.29 is 4.74 Å². The van der Waals surface area contributed by atoms with Gasteiger partial charge in [0.2, 0.25) is 0 Å². The molecule has 2 aromatic rings. The van der Waals surface area contributed by atoms with E-state index in [1.165, 1.54) is 11.3 Å². The third-order valence-corrected chi connectivity index (χ3v) is 3.27. The van der Waals surface area contributed by atoms with Crippen LogP contribution >= 0.6 is 22.9 Å². The number of ether oxygens (including phenoxy) is 1. The fourth-order valence-corrected chi connectivity index (χ4v) is 2.36. The van der Waals surface area contributed by atoms with Gasteiger partial charge in [-0.25, -0.2) is 0 Å². The molecule has 0 aliphatic carbocycles. The van der Waals surface area contributed by atoms with E-state index >= 15 is 0 Å². The van der Waals surface area contributed by atoms with Crippen molar-refractivity contribution in [2.75, 3.05) is 7.05 Å². The number of aromatic nitrogens is 1. The Labute approximate surface area is 103 Å². The standard InChI is InChI=1S/C11H11ClN2OS/c1-13-7-9-10(12)14-11(16-9)15-8-5-3-2-4-6-8/h2-6,13H,7H2,1H3. The van der Waals surface area contributed by atoms with Crippen LogP contribution in [0.4, 0.5) is 0 Å². The third-order valence-electron chi connectivity index (χ3n) is 1.92. The first kappa shape index (κ1) is 11.4. The van der Waals surface area contributed by atoms with Gasteiger partial charge in [-0.2, -0.15) is 4.98 Å². The summed E-state index contributed by atoms with van der Waals surface area (Å²) < 4.78 is 5.58. The molecule has 1 N–H and O–H groups in total. The van der Waals surface area contributed by atoms with Crippen LogP contribution in [0.1, 0.15) is 4.88 Å². The van der Waals surface area contributed by atoms with Crippen molar-refractivity contribution in [2.45, 2.75) is 6.54 Å². The van der Waals surface area contributed by atoms with E-state index in [-0.39, 0.29) is 0 Å². The zero-order valence-corrected chi connectivity index (χ0v) is 10.3. The fraction of sp³-hybridized carbons (Fsp3) is 0.182. The van der Waals surface area contributed by atoms with Gasteiger partial charge in [0.05, 0.1) is 4.88 Å². The molecule has 16 heavy (non-hydrogen) atoms. The summed E-state index contributed by atoms with van der Waals surface area (Å²) >= 11 is 7.42. The molecule has 1 aromatic carbocycles. The molecule has 0 saturated heterocycles. The molecule has 5 heteroatoms. The number of hydrogen-bond acceptors (Lipinski definition) is 4. The van der Waals surface area contributed by atoms with Crippen molar-refractivity contribution in [2.24, 2.45) is 0 Å². The molecule has 3 nitrogen and oxygen atoms in total. The SMILES string of the molecule is CNCc1sc(Oc2ccccc2)nc1Cl. The molecule has 0 saturated carbocycles. The van der Waals surface area contributed by atoms with Gasteiger partial charge < -0.3 is 10.1 Å². The minimum atomic E-state index is 0.505. The molecule has 0 fully saturated rings. The van der Waals surface area contributed by atoms with Crippen LogP contribution in [0.25, 0.3) is 0 Å². The Morgan fingerprint density at radius 2 is 2.12 bits per heavy atom. The molecule has 84 valence electrons. The summed E-state index contributed by atoms with van der Waals surface area (Å²) in [5.41, 5.74) is 0. The Morgan fingerprint density at radius 3 is 2.81 bits per heavy atom. The van der Waals surface area contributed by atoms with Crippen LogP contribution in [0.3, 0.4) is 0 Å². The Kier molecular flexibility index (Phi) is 3.77. The molecular formula is C11H11ClN2OS. The molecule has 0 radical (unpaired) electrons. The molecule has 0 bridgehead atoms. The number of para-hydroxylation sites is 1. The number of rotatable bonds is 4. The zero-order chi connectivity index (χ0) is 11.4. The van der Waals surface area contributed by atoms with E-state index in [9.17, 15) is 0 Å². The van der Waals surface area contributed by atoms with Gasteiger partial charge in [0.25, 0.3) is 5.19 Å². The van der Waals surface area contributed by atoms with E-state index < -0.39 is 0 Å². The Hall–Kier alpha value is -1.10. The summed E-state index contributed by atoms with van der Waals surface area (Å²) in [7, 11) is 1.87. The van der Waals surface area contributed by atoms with Crippen LogP contribution < -0.4 is 10.1 Å². The van der Waals surface area contributed by atoms with E-state index in [0.29, 0.717) is 16.9 Å². The number of halogens is 1. The fourth-order valence-electron chi connectivity index (χ4n) is 1.22. The van der Waals surface area contributed by atoms with Gasteiger partial charge in [0, 0.05) is 6.54 Å². The molecule has 0 aliphatic rings. The molecule has 1 aromatic heterocycles. The first-order valence-electron chi connectivity index (χ1n) is 4.82. The largest absolute Gasteiger partial charge is 0.431 e. The summed E-state index contributed by atoms with van der Waals surface area (Å²) in [6.07, 6.45) is 0. The minimum absolute atomic E-state index is 0.505. The Balaban J connectivity index is 2.13. The van der Waals surface area contributed by atoms with Crippen molar-refractivity contribution in [1.29, 1.82) is 0 Å². The third kappa shape index (κ3) is 2.72. The quantitative estimate of drug-likeness (QED) is 0.909. The van der Waals surface area contributed by atoms with Crippen molar-refractivity contribution in [3.63, 3.8) is 0 Å². The lowest BCUT2D eigenvalue weighted by atomic mass is 10.3. The van der Waals surface area contributed by atoms with Gasteiger partial charge in [-0.1, -0.05) is 41.1 Å². The highest BCUT2D eigenvalue weighted by Gasteiger charge is 2.09. The van der Waals surface area contributed by atoms with Crippen LogP contribution in [0, 0.1) is 0 Å². The maximum absolute atomic E-state index is 5.97. The smallest absolute Gasteiger partial charge is 0.280 e. The van der Waals surface area contributed by atoms with Crippen LogP contribution in [-0.2, 0) is 6.54 Å². The molecule has 1 heterocycles.